The van der Waals surface area contributed by atoms with E-state index in [2.05, 4.69) is 26.6 Å². The van der Waals surface area contributed by atoms with Crippen LogP contribution in [0.2, 0.25) is 0 Å². The maximum Gasteiger partial charge on any atom is 0.251 e. The van der Waals surface area contributed by atoms with E-state index in [0.29, 0.717) is 23.5 Å². The van der Waals surface area contributed by atoms with Crippen LogP contribution in [0.3, 0.4) is 0 Å². The number of halogens is 1. The molecule has 31 heavy (non-hydrogen) atoms. The Labute approximate surface area is 194 Å². The lowest BCUT2D eigenvalue weighted by Crippen LogP contribution is -2.23. The second-order valence-electron chi connectivity index (χ2n) is 6.95. The predicted octanol–water partition coefficient (Wildman–Crippen LogP) is 5.81. The van der Waals surface area contributed by atoms with Crippen LogP contribution in [0.25, 0.3) is 0 Å². The van der Waals surface area contributed by atoms with Gasteiger partial charge in [0.1, 0.15) is 5.75 Å². The highest BCUT2D eigenvalue weighted by atomic mass is 79.9. The van der Waals surface area contributed by atoms with Gasteiger partial charge < -0.3 is 15.4 Å². The van der Waals surface area contributed by atoms with Crippen molar-refractivity contribution in [3.8, 4) is 5.75 Å². The number of ether oxygens (including phenoxy) is 1. The van der Waals surface area contributed by atoms with Crippen LogP contribution in [-0.2, 0) is 11.3 Å². The molecule has 2 N–H and O–H groups in total. The zero-order chi connectivity index (χ0) is 22.4. The largest absolute Gasteiger partial charge is 0.496 e. The fourth-order valence-electron chi connectivity index (χ4n) is 2.94. The topological polar surface area (TPSA) is 67.4 Å². The Bertz CT molecular complexity index is 1100. The summed E-state index contributed by atoms with van der Waals surface area (Å²) in [7, 11) is 1.60. The monoisotopic (exact) mass is 498 g/mol. The normalized spacial score (nSPS) is 10.5. The predicted molar refractivity (Wildman–Crippen MR) is 128 cm³/mol. The average molecular weight is 499 g/mol. The van der Waals surface area contributed by atoms with Gasteiger partial charge in [-0.1, -0.05) is 45.4 Å². The number of benzene rings is 3. The summed E-state index contributed by atoms with van der Waals surface area (Å²) in [6, 6.07) is 19.1. The Morgan fingerprint density at radius 3 is 2.45 bits per heavy atom. The van der Waals surface area contributed by atoms with Gasteiger partial charge in [0.05, 0.1) is 12.8 Å². The van der Waals surface area contributed by atoms with Gasteiger partial charge >= 0.3 is 0 Å². The van der Waals surface area contributed by atoms with Gasteiger partial charge in [-0.3, -0.25) is 9.59 Å². The molecule has 0 aliphatic carbocycles. The molecule has 0 radical (unpaired) electrons. The number of nitrogens with one attached hydrogen (secondary N) is 2. The van der Waals surface area contributed by atoms with Gasteiger partial charge in [0.2, 0.25) is 5.91 Å². The van der Waals surface area contributed by atoms with E-state index in [-0.39, 0.29) is 11.8 Å². The third-order valence-electron chi connectivity index (χ3n) is 4.48. The number of carbonyl (C=O) groups excluding carboxylic acids is 2. The lowest BCUT2D eigenvalue weighted by molar-refractivity contribution is -0.114. The summed E-state index contributed by atoms with van der Waals surface area (Å²) in [4.78, 5) is 26.4. The Morgan fingerprint density at radius 1 is 1.03 bits per heavy atom. The Balaban J connectivity index is 1.79. The molecule has 0 atom stereocenters. The lowest BCUT2D eigenvalue weighted by Gasteiger charge is -2.13. The van der Waals surface area contributed by atoms with E-state index in [1.165, 1.54) is 24.2 Å². The van der Waals surface area contributed by atoms with Gasteiger partial charge in [-0.05, 0) is 55.5 Å². The number of aryl methyl sites for hydroxylation is 1. The Kier molecular flexibility index (Phi) is 7.76. The number of anilines is 1. The Morgan fingerprint density at radius 2 is 1.77 bits per heavy atom. The molecule has 0 spiro atoms. The second-order valence-corrected chi connectivity index (χ2v) is 8.98. The van der Waals surface area contributed by atoms with E-state index in [4.69, 9.17) is 4.74 Å². The first kappa shape index (κ1) is 22.9. The highest BCUT2D eigenvalue weighted by molar-refractivity contribution is 9.10. The first-order chi connectivity index (χ1) is 14.9. The molecule has 3 aromatic carbocycles. The molecule has 0 heterocycles. The lowest BCUT2D eigenvalue weighted by atomic mass is 10.1. The van der Waals surface area contributed by atoms with Crippen LogP contribution in [0.5, 0.6) is 5.75 Å². The molecule has 0 fully saturated rings. The van der Waals surface area contributed by atoms with Gasteiger partial charge in [-0.15, -0.1) is 0 Å². The molecule has 3 rings (SSSR count). The molecule has 3 aromatic rings. The van der Waals surface area contributed by atoms with Crippen LogP contribution in [0.1, 0.15) is 28.4 Å². The zero-order valence-corrected chi connectivity index (χ0v) is 19.9. The van der Waals surface area contributed by atoms with Gasteiger partial charge in [0.15, 0.2) is 0 Å². The smallest absolute Gasteiger partial charge is 0.251 e. The summed E-state index contributed by atoms with van der Waals surface area (Å²) in [5.74, 6) is 0.273. The van der Waals surface area contributed by atoms with Gasteiger partial charge in [-0.25, -0.2) is 0 Å². The molecule has 0 saturated carbocycles. The van der Waals surface area contributed by atoms with Crippen molar-refractivity contribution in [2.24, 2.45) is 0 Å². The van der Waals surface area contributed by atoms with Gasteiger partial charge in [0.25, 0.3) is 5.91 Å². The van der Waals surface area contributed by atoms with Crippen molar-refractivity contribution in [3.05, 3.63) is 81.8 Å². The van der Waals surface area contributed by atoms with Crippen LogP contribution < -0.4 is 15.4 Å². The van der Waals surface area contributed by atoms with Crippen molar-refractivity contribution < 1.29 is 14.3 Å². The zero-order valence-electron chi connectivity index (χ0n) is 17.5. The summed E-state index contributed by atoms with van der Waals surface area (Å²) >= 11 is 4.97. The third-order valence-corrected chi connectivity index (χ3v) is 6.06. The number of methoxy groups -OCH3 is 1. The second kappa shape index (κ2) is 10.5. The molecule has 0 aromatic heterocycles. The van der Waals surface area contributed by atoms with E-state index in [9.17, 15) is 9.59 Å². The number of hydrogen-bond donors (Lipinski definition) is 2. The van der Waals surface area contributed by atoms with Crippen molar-refractivity contribution in [1.82, 2.24) is 5.32 Å². The molecule has 2 amide bonds. The summed E-state index contributed by atoms with van der Waals surface area (Å²) < 4.78 is 6.26. The molecule has 0 saturated heterocycles. The van der Waals surface area contributed by atoms with E-state index >= 15 is 0 Å². The van der Waals surface area contributed by atoms with Gasteiger partial charge in [0, 0.05) is 38.9 Å². The molecular weight excluding hydrogens is 476 g/mol. The minimum absolute atomic E-state index is 0.192. The van der Waals surface area contributed by atoms with Crippen molar-refractivity contribution in [2.45, 2.75) is 30.2 Å². The third kappa shape index (κ3) is 6.35. The summed E-state index contributed by atoms with van der Waals surface area (Å²) in [6.07, 6.45) is 0. The standard InChI is InChI=1S/C24H23BrN2O3S/c1-15-4-8-20(9-5-15)31-23-11-6-17(13-21(23)27-16(2)28)24(29)26-14-18-12-19(25)7-10-22(18)30-3/h4-13H,14H2,1-3H3,(H,26,29)(H,27,28). The number of amides is 2. The van der Waals surface area contributed by atoms with Crippen LogP contribution in [-0.4, -0.2) is 18.9 Å². The van der Waals surface area contributed by atoms with Crippen LogP contribution in [0, 0.1) is 6.92 Å². The van der Waals surface area contributed by atoms with Crippen LogP contribution in [0.4, 0.5) is 5.69 Å². The fourth-order valence-corrected chi connectivity index (χ4v) is 4.23. The van der Waals surface area contributed by atoms with E-state index in [1.807, 2.05) is 55.5 Å². The van der Waals surface area contributed by atoms with Gasteiger partial charge in [-0.2, -0.15) is 0 Å². The highest BCUT2D eigenvalue weighted by Crippen LogP contribution is 2.34. The molecule has 0 bridgehead atoms. The minimum atomic E-state index is -0.236. The van der Waals surface area contributed by atoms with E-state index in [1.54, 1.807) is 19.2 Å². The maximum absolute atomic E-state index is 12.8. The average Bonchev–Trinajstić information content (AvgIpc) is 2.74. The van der Waals surface area contributed by atoms with Crippen molar-refractivity contribution >= 4 is 45.2 Å². The molecule has 0 unspecified atom stereocenters. The molecule has 7 heteroatoms. The van der Waals surface area contributed by atoms with Crippen LogP contribution in [0.15, 0.2) is 74.9 Å². The summed E-state index contributed by atoms with van der Waals surface area (Å²) in [5, 5.41) is 5.75. The summed E-state index contributed by atoms with van der Waals surface area (Å²) in [6.45, 7) is 3.80. The number of hydrogen-bond acceptors (Lipinski definition) is 4. The molecule has 0 aliphatic heterocycles. The number of rotatable bonds is 7. The van der Waals surface area contributed by atoms with Crippen molar-refractivity contribution in [3.63, 3.8) is 0 Å². The van der Waals surface area contributed by atoms with Crippen LogP contribution >= 0.6 is 27.7 Å². The van der Waals surface area contributed by atoms with E-state index in [0.717, 1.165) is 19.8 Å². The molecular formula is C24H23BrN2O3S. The van der Waals surface area contributed by atoms with Crippen molar-refractivity contribution in [2.75, 3.05) is 12.4 Å². The first-order valence-electron chi connectivity index (χ1n) is 9.62. The quantitative estimate of drug-likeness (QED) is 0.431. The number of carbonyl (C=O) groups is 2. The van der Waals surface area contributed by atoms with Crippen molar-refractivity contribution in [1.29, 1.82) is 0 Å². The SMILES string of the molecule is COc1ccc(Br)cc1CNC(=O)c1ccc(Sc2ccc(C)cc2)c(NC(C)=O)c1. The molecule has 160 valence electrons. The first-order valence-corrected chi connectivity index (χ1v) is 11.2. The molecule has 5 nitrogen and oxygen atoms in total. The highest BCUT2D eigenvalue weighted by Gasteiger charge is 2.13. The van der Waals surface area contributed by atoms with E-state index < -0.39 is 0 Å². The maximum atomic E-state index is 12.8. The minimum Gasteiger partial charge on any atom is -0.496 e. The summed E-state index contributed by atoms with van der Waals surface area (Å²) in [5.41, 5.74) is 3.11. The fraction of sp³-hybridized carbons (Fsp3) is 0.167. The molecule has 0 aliphatic rings. The Hall–Kier alpha value is -2.77.